The maximum absolute atomic E-state index is 12.0. The average molecular weight is 322 g/mol. The number of carbonyl (C=O) groups excluding carboxylic acids is 1. The number of rotatable bonds is 4. The number of ether oxygens (including phenoxy) is 2. The molecule has 1 unspecified atom stereocenters. The summed E-state index contributed by atoms with van der Waals surface area (Å²) in [6.07, 6.45) is 0.641. The second kappa shape index (κ2) is 7.08. The van der Waals surface area contributed by atoms with E-state index in [4.69, 9.17) is 9.47 Å². The molecule has 2 rings (SSSR count). The van der Waals surface area contributed by atoms with E-state index >= 15 is 0 Å². The Morgan fingerprint density at radius 2 is 2.17 bits per heavy atom. The minimum atomic E-state index is -0.467. The number of hydrogen-bond acceptors (Lipinski definition) is 5. The second-order valence-electron chi connectivity index (χ2n) is 6.80. The molecular weight excluding hydrogens is 296 g/mol. The van der Waals surface area contributed by atoms with Crippen molar-refractivity contribution >= 4 is 6.09 Å². The molecule has 1 saturated heterocycles. The van der Waals surface area contributed by atoms with Crippen LogP contribution in [0.5, 0.6) is 11.5 Å². The number of likely N-dealkylation sites (tertiary alicyclic amines) is 1. The summed E-state index contributed by atoms with van der Waals surface area (Å²) < 4.78 is 10.5. The highest BCUT2D eigenvalue weighted by Gasteiger charge is 2.29. The zero-order valence-electron chi connectivity index (χ0n) is 14.3. The number of hydrogen-bond donors (Lipinski definition) is 2. The van der Waals surface area contributed by atoms with Crippen molar-refractivity contribution in [2.75, 3.05) is 20.2 Å². The van der Waals surface area contributed by atoms with Crippen LogP contribution in [0.3, 0.4) is 0 Å². The Balaban J connectivity index is 1.83. The van der Waals surface area contributed by atoms with Gasteiger partial charge in [-0.2, -0.15) is 0 Å². The third-order valence-electron chi connectivity index (χ3n) is 3.68. The van der Waals surface area contributed by atoms with Gasteiger partial charge in [-0.25, -0.2) is 4.79 Å². The number of aromatic hydroxyl groups is 1. The van der Waals surface area contributed by atoms with Crippen molar-refractivity contribution in [3.8, 4) is 11.5 Å². The van der Waals surface area contributed by atoms with Crippen molar-refractivity contribution in [1.82, 2.24) is 10.2 Å². The zero-order chi connectivity index (χ0) is 17.0. The third kappa shape index (κ3) is 5.03. The van der Waals surface area contributed by atoms with Crippen molar-refractivity contribution in [1.29, 1.82) is 0 Å². The molecule has 1 fully saturated rings. The fourth-order valence-electron chi connectivity index (χ4n) is 2.51. The first-order chi connectivity index (χ1) is 10.8. The maximum Gasteiger partial charge on any atom is 0.410 e. The topological polar surface area (TPSA) is 71.0 Å². The van der Waals surface area contributed by atoms with Gasteiger partial charge in [0.25, 0.3) is 0 Å². The third-order valence-corrected chi connectivity index (χ3v) is 3.68. The number of carbonyl (C=O) groups is 1. The molecule has 0 radical (unpaired) electrons. The smallest absolute Gasteiger partial charge is 0.410 e. The molecule has 0 saturated carbocycles. The molecule has 1 amide bonds. The molecule has 23 heavy (non-hydrogen) atoms. The number of phenolic OH excluding ortho intramolecular Hbond substituents is 1. The van der Waals surface area contributed by atoms with Gasteiger partial charge in [-0.15, -0.1) is 0 Å². The summed E-state index contributed by atoms with van der Waals surface area (Å²) in [6.45, 7) is 7.61. The minimum Gasteiger partial charge on any atom is -0.504 e. The van der Waals surface area contributed by atoms with Crippen LogP contribution >= 0.6 is 0 Å². The summed E-state index contributed by atoms with van der Waals surface area (Å²) in [7, 11) is 1.53. The predicted octanol–water partition coefficient (Wildman–Crippen LogP) is 2.50. The number of amides is 1. The van der Waals surface area contributed by atoms with E-state index in [9.17, 15) is 9.90 Å². The normalized spacial score (nSPS) is 18.1. The van der Waals surface area contributed by atoms with Gasteiger partial charge in [0, 0.05) is 25.7 Å². The van der Waals surface area contributed by atoms with Crippen LogP contribution in [0.1, 0.15) is 32.8 Å². The monoisotopic (exact) mass is 322 g/mol. The van der Waals surface area contributed by atoms with Gasteiger partial charge >= 0.3 is 6.09 Å². The Morgan fingerprint density at radius 3 is 2.83 bits per heavy atom. The molecule has 6 heteroatoms. The summed E-state index contributed by atoms with van der Waals surface area (Å²) >= 11 is 0. The van der Waals surface area contributed by atoms with Crippen LogP contribution in [0.25, 0.3) is 0 Å². The van der Waals surface area contributed by atoms with E-state index in [0.717, 1.165) is 12.0 Å². The molecule has 1 aromatic rings. The van der Waals surface area contributed by atoms with E-state index in [0.29, 0.717) is 25.4 Å². The lowest BCUT2D eigenvalue weighted by molar-refractivity contribution is 0.0291. The molecule has 128 valence electrons. The summed E-state index contributed by atoms with van der Waals surface area (Å²) in [5.41, 5.74) is 0.556. The van der Waals surface area contributed by atoms with Crippen LogP contribution in [-0.2, 0) is 11.3 Å². The van der Waals surface area contributed by atoms with E-state index in [-0.39, 0.29) is 17.9 Å². The largest absolute Gasteiger partial charge is 0.504 e. The molecule has 0 aliphatic carbocycles. The van der Waals surface area contributed by atoms with Crippen LogP contribution in [0.2, 0.25) is 0 Å². The highest BCUT2D eigenvalue weighted by Crippen LogP contribution is 2.26. The van der Waals surface area contributed by atoms with E-state index in [1.54, 1.807) is 11.0 Å². The van der Waals surface area contributed by atoms with Crippen LogP contribution in [-0.4, -0.2) is 47.9 Å². The molecule has 1 aliphatic rings. The minimum absolute atomic E-state index is 0.133. The molecule has 2 N–H and O–H groups in total. The molecule has 0 aromatic heterocycles. The van der Waals surface area contributed by atoms with Crippen molar-refractivity contribution in [3.05, 3.63) is 23.8 Å². The molecule has 0 bridgehead atoms. The van der Waals surface area contributed by atoms with E-state index in [1.165, 1.54) is 7.11 Å². The predicted molar refractivity (Wildman–Crippen MR) is 87.7 cm³/mol. The first kappa shape index (κ1) is 17.4. The van der Waals surface area contributed by atoms with Gasteiger partial charge in [0.1, 0.15) is 5.60 Å². The molecule has 1 heterocycles. The van der Waals surface area contributed by atoms with E-state index in [2.05, 4.69) is 5.32 Å². The fraction of sp³-hybridized carbons (Fsp3) is 0.588. The molecule has 1 aromatic carbocycles. The van der Waals surface area contributed by atoms with Gasteiger partial charge in [0.15, 0.2) is 11.5 Å². The van der Waals surface area contributed by atoms with Crippen molar-refractivity contribution in [3.63, 3.8) is 0 Å². The van der Waals surface area contributed by atoms with Gasteiger partial charge < -0.3 is 24.8 Å². The van der Waals surface area contributed by atoms with E-state index in [1.807, 2.05) is 32.9 Å². The Kier molecular flexibility index (Phi) is 5.36. The Labute approximate surface area is 137 Å². The first-order valence-corrected chi connectivity index (χ1v) is 7.85. The van der Waals surface area contributed by atoms with Crippen molar-refractivity contribution < 1.29 is 19.4 Å². The average Bonchev–Trinajstić information content (AvgIpc) is 2.93. The van der Waals surface area contributed by atoms with E-state index < -0.39 is 5.60 Å². The number of phenols is 1. The van der Waals surface area contributed by atoms with Crippen molar-refractivity contribution in [2.24, 2.45) is 0 Å². The van der Waals surface area contributed by atoms with Gasteiger partial charge in [0.05, 0.1) is 7.11 Å². The van der Waals surface area contributed by atoms with Crippen LogP contribution in [0.4, 0.5) is 4.79 Å². The maximum atomic E-state index is 12.0. The van der Waals surface area contributed by atoms with Crippen LogP contribution in [0.15, 0.2) is 18.2 Å². The second-order valence-corrected chi connectivity index (χ2v) is 6.80. The Bertz CT molecular complexity index is 554. The van der Waals surface area contributed by atoms with Crippen LogP contribution in [0, 0.1) is 0 Å². The lowest BCUT2D eigenvalue weighted by Gasteiger charge is -2.24. The number of nitrogens with one attached hydrogen (secondary N) is 1. The summed E-state index contributed by atoms with van der Waals surface area (Å²) in [5.74, 6) is 0.597. The highest BCUT2D eigenvalue weighted by atomic mass is 16.6. The quantitative estimate of drug-likeness (QED) is 0.891. The Hall–Kier alpha value is -1.95. The lowest BCUT2D eigenvalue weighted by atomic mass is 10.2. The summed E-state index contributed by atoms with van der Waals surface area (Å²) in [4.78, 5) is 13.8. The highest BCUT2D eigenvalue weighted by molar-refractivity contribution is 5.68. The number of nitrogens with zero attached hydrogens (tertiary/aromatic N) is 1. The standard InChI is InChI=1S/C17H26N2O4/c1-17(2,3)23-16(21)19-8-7-13(11-19)18-10-12-5-6-14(20)15(9-12)22-4/h5-6,9,13,18,20H,7-8,10-11H2,1-4H3. The number of benzene rings is 1. The summed E-state index contributed by atoms with van der Waals surface area (Å²) in [5, 5.41) is 13.0. The molecule has 1 atom stereocenters. The van der Waals surface area contributed by atoms with Crippen molar-refractivity contribution in [2.45, 2.75) is 45.4 Å². The molecule has 1 aliphatic heterocycles. The Morgan fingerprint density at radius 1 is 1.43 bits per heavy atom. The SMILES string of the molecule is COc1cc(CNC2CCN(C(=O)OC(C)(C)C)C2)ccc1O. The zero-order valence-corrected chi connectivity index (χ0v) is 14.3. The molecule has 0 spiro atoms. The fourth-order valence-corrected chi connectivity index (χ4v) is 2.51. The first-order valence-electron chi connectivity index (χ1n) is 7.85. The van der Waals surface area contributed by atoms with Crippen LogP contribution < -0.4 is 10.1 Å². The van der Waals surface area contributed by atoms with Gasteiger partial charge in [-0.05, 0) is 44.9 Å². The van der Waals surface area contributed by atoms with Gasteiger partial charge in [0.2, 0.25) is 0 Å². The summed E-state index contributed by atoms with van der Waals surface area (Å²) in [6, 6.07) is 5.52. The van der Waals surface area contributed by atoms with Gasteiger partial charge in [-0.1, -0.05) is 6.07 Å². The number of methoxy groups -OCH3 is 1. The lowest BCUT2D eigenvalue weighted by Crippen LogP contribution is -2.38. The molecular formula is C17H26N2O4. The molecule has 6 nitrogen and oxygen atoms in total. The van der Waals surface area contributed by atoms with Gasteiger partial charge in [-0.3, -0.25) is 0 Å².